The highest BCUT2D eigenvalue weighted by molar-refractivity contribution is 5.25. The minimum Gasteiger partial charge on any atom is -0.327 e. The Morgan fingerprint density at radius 1 is 1.04 bits per heavy atom. The lowest BCUT2D eigenvalue weighted by Gasteiger charge is -2.58. The van der Waals surface area contributed by atoms with Crippen molar-refractivity contribution in [2.24, 2.45) is 52.1 Å². The molecule has 0 spiro atoms. The number of hydrogen-bond donors (Lipinski definition) is 1. The van der Waals surface area contributed by atoms with E-state index in [1.54, 1.807) is 5.57 Å². The van der Waals surface area contributed by atoms with Gasteiger partial charge < -0.3 is 5.73 Å². The molecule has 0 aromatic rings. The summed E-state index contributed by atoms with van der Waals surface area (Å²) in [5.74, 6) is 5.63. The van der Waals surface area contributed by atoms with Crippen LogP contribution in [0.5, 0.6) is 0 Å². The molecule has 1 heteroatoms. The summed E-state index contributed by atoms with van der Waals surface area (Å²) in [6, 6.07) is 0.423. The van der Waals surface area contributed by atoms with Crippen LogP contribution in [0.4, 0.5) is 0 Å². The molecule has 2 N–H and O–H groups in total. The van der Waals surface area contributed by atoms with E-state index in [-0.39, 0.29) is 1.43 Å². The minimum absolute atomic E-state index is 0. The van der Waals surface area contributed by atoms with E-state index in [2.05, 4.69) is 40.7 Å². The van der Waals surface area contributed by atoms with Gasteiger partial charge in [-0.1, -0.05) is 65.5 Å². The molecule has 0 amide bonds. The summed E-state index contributed by atoms with van der Waals surface area (Å²) < 4.78 is 0. The van der Waals surface area contributed by atoms with Crippen LogP contribution in [0.2, 0.25) is 0 Å². The van der Waals surface area contributed by atoms with Gasteiger partial charge in [-0.05, 0) is 97.7 Å². The number of fused-ring (bicyclic) bond motifs is 5. The summed E-state index contributed by atoms with van der Waals surface area (Å²) in [5, 5.41) is 0. The molecule has 4 aliphatic rings. The number of hydrogen-bond acceptors (Lipinski definition) is 1. The Morgan fingerprint density at radius 3 is 2.57 bits per heavy atom. The monoisotopic (exact) mass is 387 g/mol. The molecule has 0 aromatic heterocycles. The molecule has 1 nitrogen and oxygen atoms in total. The Hall–Kier alpha value is -0.300. The second-order valence-electron chi connectivity index (χ2n) is 12.3. The first-order chi connectivity index (χ1) is 13.3. The van der Waals surface area contributed by atoms with E-state index in [0.29, 0.717) is 16.9 Å². The predicted octanol–water partition coefficient (Wildman–Crippen LogP) is 7.60. The first kappa shape index (κ1) is 21.0. The average Bonchev–Trinajstić information content (AvgIpc) is 2.99. The Bertz CT molecular complexity index is 597. The zero-order valence-corrected chi connectivity index (χ0v) is 19.5. The maximum atomic E-state index is 6.34. The maximum absolute atomic E-state index is 6.34. The third-order valence-electron chi connectivity index (χ3n) is 10.3. The molecule has 3 fully saturated rings. The van der Waals surface area contributed by atoms with Crippen molar-refractivity contribution in [2.75, 3.05) is 0 Å². The number of rotatable bonds is 5. The van der Waals surface area contributed by atoms with Crippen molar-refractivity contribution in [3.05, 3.63) is 11.6 Å². The molecule has 4 unspecified atom stereocenters. The summed E-state index contributed by atoms with van der Waals surface area (Å²) >= 11 is 0. The van der Waals surface area contributed by atoms with Gasteiger partial charge in [-0.15, -0.1) is 0 Å². The largest absolute Gasteiger partial charge is 0.327 e. The fourth-order valence-corrected chi connectivity index (χ4v) is 8.71. The van der Waals surface area contributed by atoms with Gasteiger partial charge in [0.05, 0.1) is 0 Å². The van der Waals surface area contributed by atoms with Crippen LogP contribution >= 0.6 is 0 Å². The van der Waals surface area contributed by atoms with Crippen LogP contribution in [-0.2, 0) is 0 Å². The molecule has 0 saturated heterocycles. The Labute approximate surface area is 176 Å². The zero-order chi connectivity index (χ0) is 20.1. The van der Waals surface area contributed by atoms with Crippen molar-refractivity contribution < 1.29 is 1.43 Å². The molecule has 28 heavy (non-hydrogen) atoms. The van der Waals surface area contributed by atoms with E-state index >= 15 is 0 Å². The van der Waals surface area contributed by atoms with Crippen LogP contribution in [0, 0.1) is 46.3 Å². The fourth-order valence-electron chi connectivity index (χ4n) is 8.71. The lowest BCUT2D eigenvalue weighted by molar-refractivity contribution is -0.0508. The molecule has 4 rings (SSSR count). The van der Waals surface area contributed by atoms with Crippen LogP contribution in [0.25, 0.3) is 0 Å². The van der Waals surface area contributed by atoms with Gasteiger partial charge in [0, 0.05) is 7.47 Å². The topological polar surface area (TPSA) is 26.0 Å². The van der Waals surface area contributed by atoms with Crippen LogP contribution in [0.3, 0.4) is 0 Å². The molecule has 0 radical (unpaired) electrons. The van der Waals surface area contributed by atoms with Gasteiger partial charge in [-0.25, -0.2) is 0 Å². The van der Waals surface area contributed by atoms with Crippen LogP contribution in [0.1, 0.15) is 107 Å². The van der Waals surface area contributed by atoms with Crippen LogP contribution < -0.4 is 5.73 Å². The third-order valence-corrected chi connectivity index (χ3v) is 10.3. The van der Waals surface area contributed by atoms with Crippen molar-refractivity contribution in [3.8, 4) is 0 Å². The second-order valence-corrected chi connectivity index (χ2v) is 12.3. The summed E-state index contributed by atoms with van der Waals surface area (Å²) in [6.07, 6.45) is 18.1. The van der Waals surface area contributed by atoms with Crippen molar-refractivity contribution in [3.63, 3.8) is 0 Å². The molecular formula is C27H49N. The van der Waals surface area contributed by atoms with E-state index in [4.69, 9.17) is 5.73 Å². The van der Waals surface area contributed by atoms with Gasteiger partial charge in [-0.3, -0.25) is 0 Å². The summed E-state index contributed by atoms with van der Waals surface area (Å²) in [4.78, 5) is 0. The molecule has 0 aliphatic heterocycles. The van der Waals surface area contributed by atoms with Crippen molar-refractivity contribution in [1.29, 1.82) is 0 Å². The van der Waals surface area contributed by atoms with Crippen molar-refractivity contribution in [2.45, 2.75) is 111 Å². The quantitative estimate of drug-likeness (QED) is 0.483. The summed E-state index contributed by atoms with van der Waals surface area (Å²) in [6.45, 7) is 12.7. The van der Waals surface area contributed by atoms with Gasteiger partial charge in [0.15, 0.2) is 0 Å². The van der Waals surface area contributed by atoms with Gasteiger partial charge in [0.1, 0.15) is 0 Å². The average molecular weight is 388 g/mol. The Morgan fingerprint density at radius 2 is 1.82 bits per heavy atom. The highest BCUT2D eigenvalue weighted by atomic mass is 14.7. The zero-order valence-electron chi connectivity index (χ0n) is 19.5. The molecular weight excluding hydrogens is 338 g/mol. The van der Waals surface area contributed by atoms with Crippen molar-refractivity contribution in [1.82, 2.24) is 0 Å². The van der Waals surface area contributed by atoms with Gasteiger partial charge >= 0.3 is 0 Å². The minimum atomic E-state index is 0. The maximum Gasteiger partial charge on any atom is 0.00766 e. The molecule has 8 atom stereocenters. The van der Waals surface area contributed by atoms with E-state index in [1.165, 1.54) is 70.6 Å². The van der Waals surface area contributed by atoms with E-state index in [0.717, 1.165) is 35.5 Å². The molecule has 0 bridgehead atoms. The van der Waals surface area contributed by atoms with Gasteiger partial charge in [-0.2, -0.15) is 0 Å². The highest BCUT2D eigenvalue weighted by Gasteiger charge is 2.58. The lowest BCUT2D eigenvalue weighted by atomic mass is 9.47. The smallest absolute Gasteiger partial charge is 0.00766 e. The first-order valence-corrected chi connectivity index (χ1v) is 12.7. The fraction of sp³-hybridized carbons (Fsp3) is 0.926. The molecule has 3 saturated carbocycles. The Kier molecular flexibility index (Phi) is 5.80. The standard InChI is InChI=1S/C27H47N.H2/c1-18(2)7-6-8-19(3)23-11-12-24-22-10-9-20-17-21(28)13-15-26(20,4)25(22)14-16-27(23,24)5;/h9,18-19,21-25H,6-8,10-17,28H2,1-5H3;1H/t19?,21-,22+,23?,24?,25?,26+,27-;/m1./s1. The van der Waals surface area contributed by atoms with Crippen LogP contribution in [-0.4, -0.2) is 6.04 Å². The normalized spacial score (nSPS) is 46.5. The molecule has 0 heterocycles. The molecule has 162 valence electrons. The first-order valence-electron chi connectivity index (χ1n) is 12.7. The number of nitrogens with two attached hydrogens (primary N) is 1. The SMILES string of the molecule is CC(C)CCCC(C)C1CCC2[C@@H]3CC=C4C[C@H](N)CC[C@]4(C)C3CC[C@]12C.[HH]. The van der Waals surface area contributed by atoms with E-state index < -0.39 is 0 Å². The summed E-state index contributed by atoms with van der Waals surface area (Å²) in [7, 11) is 0. The molecule has 4 aliphatic carbocycles. The lowest BCUT2D eigenvalue weighted by Crippen LogP contribution is -2.51. The van der Waals surface area contributed by atoms with E-state index in [9.17, 15) is 0 Å². The Balaban J connectivity index is 0.00000240. The van der Waals surface area contributed by atoms with Crippen molar-refractivity contribution >= 4 is 0 Å². The van der Waals surface area contributed by atoms with Gasteiger partial charge in [0.25, 0.3) is 0 Å². The van der Waals surface area contributed by atoms with E-state index in [1.807, 2.05) is 0 Å². The number of allylic oxidation sites excluding steroid dienone is 1. The van der Waals surface area contributed by atoms with Gasteiger partial charge in [0.2, 0.25) is 0 Å². The van der Waals surface area contributed by atoms with Crippen LogP contribution in [0.15, 0.2) is 11.6 Å². The second kappa shape index (κ2) is 7.75. The molecule has 0 aromatic carbocycles. The summed E-state index contributed by atoms with van der Waals surface area (Å²) in [5.41, 5.74) is 9.18. The highest BCUT2D eigenvalue weighted by Crippen LogP contribution is 2.67. The predicted molar refractivity (Wildman–Crippen MR) is 123 cm³/mol. The third kappa shape index (κ3) is 3.42.